The second kappa shape index (κ2) is 7.15. The van der Waals surface area contributed by atoms with Crippen molar-refractivity contribution in [2.75, 3.05) is 13.2 Å². The fourth-order valence-electron chi connectivity index (χ4n) is 2.26. The third kappa shape index (κ3) is 4.56. The highest BCUT2D eigenvalue weighted by Crippen LogP contribution is 2.18. The summed E-state index contributed by atoms with van der Waals surface area (Å²) >= 11 is 0. The summed E-state index contributed by atoms with van der Waals surface area (Å²) in [6, 6.07) is 11.0. The van der Waals surface area contributed by atoms with Crippen LogP contribution in [0, 0.1) is 27.7 Å². The number of hydrogen-bond acceptors (Lipinski definition) is 3. The van der Waals surface area contributed by atoms with Crippen molar-refractivity contribution >= 4 is 10.0 Å². The number of sulfonamides is 1. The first-order valence-electron chi connectivity index (χ1n) is 7.56. The van der Waals surface area contributed by atoms with E-state index in [4.69, 9.17) is 4.74 Å². The molecule has 0 unspecified atom stereocenters. The lowest BCUT2D eigenvalue weighted by Crippen LogP contribution is -2.28. The molecule has 1 N–H and O–H groups in total. The van der Waals surface area contributed by atoms with Crippen LogP contribution in [0.25, 0.3) is 0 Å². The molecule has 0 aliphatic heterocycles. The van der Waals surface area contributed by atoms with Crippen LogP contribution < -0.4 is 9.46 Å². The maximum atomic E-state index is 12.3. The lowest BCUT2D eigenvalue weighted by molar-refractivity contribution is 0.320. The Kier molecular flexibility index (Phi) is 5.44. The Morgan fingerprint density at radius 1 is 0.913 bits per heavy atom. The van der Waals surface area contributed by atoms with Crippen molar-refractivity contribution in [2.24, 2.45) is 0 Å². The van der Waals surface area contributed by atoms with Crippen LogP contribution in [-0.4, -0.2) is 21.6 Å². The van der Waals surface area contributed by atoms with Crippen molar-refractivity contribution in [3.8, 4) is 5.75 Å². The van der Waals surface area contributed by atoms with Crippen molar-refractivity contribution in [1.29, 1.82) is 0 Å². The number of ether oxygens (including phenoxy) is 1. The van der Waals surface area contributed by atoms with Crippen molar-refractivity contribution < 1.29 is 13.2 Å². The molecule has 0 spiro atoms. The van der Waals surface area contributed by atoms with Gasteiger partial charge in [0, 0.05) is 6.54 Å². The quantitative estimate of drug-likeness (QED) is 0.826. The van der Waals surface area contributed by atoms with Crippen LogP contribution in [0.1, 0.15) is 22.3 Å². The predicted molar refractivity (Wildman–Crippen MR) is 92.5 cm³/mol. The summed E-state index contributed by atoms with van der Waals surface area (Å²) in [5.41, 5.74) is 4.24. The average molecular weight is 333 g/mol. The van der Waals surface area contributed by atoms with Crippen LogP contribution in [0.5, 0.6) is 5.75 Å². The van der Waals surface area contributed by atoms with Crippen LogP contribution in [0.15, 0.2) is 41.3 Å². The summed E-state index contributed by atoms with van der Waals surface area (Å²) < 4.78 is 32.7. The standard InChI is InChI=1S/C18H23NO3S/c1-13-5-8-18(16(4)11-13)22-10-9-19-23(20,21)17-7-6-14(2)15(3)12-17/h5-8,11-12,19H,9-10H2,1-4H3. The molecule has 0 bridgehead atoms. The number of benzene rings is 2. The largest absolute Gasteiger partial charge is 0.492 e. The Bertz CT molecular complexity index is 798. The molecule has 23 heavy (non-hydrogen) atoms. The van der Waals surface area contributed by atoms with E-state index in [0.717, 1.165) is 22.4 Å². The van der Waals surface area contributed by atoms with E-state index in [2.05, 4.69) is 4.72 Å². The molecule has 0 amide bonds. The Balaban J connectivity index is 1.93. The van der Waals surface area contributed by atoms with E-state index in [1.54, 1.807) is 12.1 Å². The number of nitrogens with one attached hydrogen (secondary N) is 1. The van der Waals surface area contributed by atoms with Crippen LogP contribution in [0.2, 0.25) is 0 Å². The minimum atomic E-state index is -3.50. The highest BCUT2D eigenvalue weighted by atomic mass is 32.2. The van der Waals surface area contributed by atoms with E-state index in [9.17, 15) is 8.42 Å². The van der Waals surface area contributed by atoms with Gasteiger partial charge in [0.05, 0.1) is 4.90 Å². The maximum absolute atomic E-state index is 12.3. The second-order valence-electron chi connectivity index (χ2n) is 5.76. The Morgan fingerprint density at radius 3 is 2.30 bits per heavy atom. The van der Waals surface area contributed by atoms with Crippen molar-refractivity contribution in [2.45, 2.75) is 32.6 Å². The molecule has 4 nitrogen and oxygen atoms in total. The summed E-state index contributed by atoms with van der Waals surface area (Å²) in [6.45, 7) is 8.36. The van der Waals surface area contributed by atoms with E-state index < -0.39 is 10.0 Å². The molecular weight excluding hydrogens is 310 g/mol. The van der Waals surface area contributed by atoms with Gasteiger partial charge < -0.3 is 4.74 Å². The summed E-state index contributed by atoms with van der Waals surface area (Å²) in [6.07, 6.45) is 0. The molecule has 0 radical (unpaired) electrons. The molecule has 0 aliphatic carbocycles. The molecule has 0 aliphatic rings. The zero-order valence-electron chi connectivity index (χ0n) is 14.0. The third-order valence-corrected chi connectivity index (χ3v) is 5.23. The first-order chi connectivity index (χ1) is 10.8. The van der Waals surface area contributed by atoms with E-state index in [1.807, 2.05) is 52.0 Å². The zero-order valence-corrected chi connectivity index (χ0v) is 14.8. The van der Waals surface area contributed by atoms with Crippen molar-refractivity contribution in [1.82, 2.24) is 4.72 Å². The fourth-order valence-corrected chi connectivity index (χ4v) is 3.36. The average Bonchev–Trinajstić information content (AvgIpc) is 2.48. The van der Waals surface area contributed by atoms with Crippen LogP contribution in [-0.2, 0) is 10.0 Å². The molecule has 0 fully saturated rings. The van der Waals surface area contributed by atoms with Crippen LogP contribution >= 0.6 is 0 Å². The molecule has 2 aromatic carbocycles. The number of hydrogen-bond donors (Lipinski definition) is 1. The summed E-state index contributed by atoms with van der Waals surface area (Å²) in [4.78, 5) is 0.284. The number of aryl methyl sites for hydroxylation is 4. The predicted octanol–water partition coefficient (Wildman–Crippen LogP) is 3.28. The Morgan fingerprint density at radius 2 is 1.65 bits per heavy atom. The fraction of sp³-hybridized carbons (Fsp3) is 0.333. The first kappa shape index (κ1) is 17.5. The lowest BCUT2D eigenvalue weighted by atomic mass is 10.1. The highest BCUT2D eigenvalue weighted by molar-refractivity contribution is 7.89. The number of rotatable bonds is 6. The van der Waals surface area contributed by atoms with E-state index in [0.29, 0.717) is 0 Å². The van der Waals surface area contributed by atoms with Crippen molar-refractivity contribution in [3.63, 3.8) is 0 Å². The van der Waals surface area contributed by atoms with Gasteiger partial charge in [-0.25, -0.2) is 13.1 Å². The monoisotopic (exact) mass is 333 g/mol. The molecule has 2 aromatic rings. The van der Waals surface area contributed by atoms with Crippen LogP contribution in [0.4, 0.5) is 0 Å². The van der Waals surface area contributed by atoms with Crippen LogP contribution in [0.3, 0.4) is 0 Å². The molecule has 0 saturated heterocycles. The summed E-state index contributed by atoms with van der Waals surface area (Å²) in [7, 11) is -3.50. The van der Waals surface area contributed by atoms with Gasteiger partial charge in [0.2, 0.25) is 10.0 Å². The second-order valence-corrected chi connectivity index (χ2v) is 7.53. The summed E-state index contributed by atoms with van der Waals surface area (Å²) in [5.74, 6) is 0.779. The first-order valence-corrected chi connectivity index (χ1v) is 9.05. The molecule has 0 atom stereocenters. The Labute approximate surface area is 138 Å². The minimum absolute atomic E-state index is 0.225. The SMILES string of the molecule is Cc1ccc(OCCNS(=O)(=O)c2ccc(C)c(C)c2)c(C)c1. The van der Waals surface area contributed by atoms with Gasteiger partial charge in [0.25, 0.3) is 0 Å². The zero-order chi connectivity index (χ0) is 17.0. The topological polar surface area (TPSA) is 55.4 Å². The van der Waals surface area contributed by atoms with Gasteiger partial charge in [-0.3, -0.25) is 0 Å². The van der Waals surface area contributed by atoms with E-state index in [1.165, 1.54) is 5.56 Å². The van der Waals surface area contributed by atoms with Gasteiger partial charge in [0.1, 0.15) is 12.4 Å². The van der Waals surface area contributed by atoms with Gasteiger partial charge in [-0.1, -0.05) is 23.8 Å². The molecular formula is C18H23NO3S. The summed E-state index contributed by atoms with van der Waals surface area (Å²) in [5, 5.41) is 0. The highest BCUT2D eigenvalue weighted by Gasteiger charge is 2.14. The lowest BCUT2D eigenvalue weighted by Gasteiger charge is -2.11. The Hall–Kier alpha value is -1.85. The van der Waals surface area contributed by atoms with Gasteiger partial charge in [-0.15, -0.1) is 0 Å². The molecule has 0 aromatic heterocycles. The maximum Gasteiger partial charge on any atom is 0.240 e. The third-order valence-electron chi connectivity index (χ3n) is 3.77. The molecule has 0 heterocycles. The van der Waals surface area contributed by atoms with Gasteiger partial charge in [-0.2, -0.15) is 0 Å². The molecule has 2 rings (SSSR count). The van der Waals surface area contributed by atoms with E-state index >= 15 is 0 Å². The molecule has 5 heteroatoms. The molecule has 124 valence electrons. The normalized spacial score (nSPS) is 11.5. The van der Waals surface area contributed by atoms with Crippen molar-refractivity contribution in [3.05, 3.63) is 58.7 Å². The smallest absolute Gasteiger partial charge is 0.240 e. The molecule has 0 saturated carbocycles. The van der Waals surface area contributed by atoms with E-state index in [-0.39, 0.29) is 18.0 Å². The van der Waals surface area contributed by atoms with Gasteiger partial charge in [0.15, 0.2) is 0 Å². The van der Waals surface area contributed by atoms with Gasteiger partial charge in [-0.05, 0) is 62.6 Å². The minimum Gasteiger partial charge on any atom is -0.492 e. The van der Waals surface area contributed by atoms with Gasteiger partial charge >= 0.3 is 0 Å².